The molecule has 1 fully saturated rings. The van der Waals surface area contributed by atoms with Gasteiger partial charge in [0.2, 0.25) is 6.29 Å². The van der Waals surface area contributed by atoms with Crippen molar-refractivity contribution in [3.63, 3.8) is 0 Å². The average Bonchev–Trinajstić information content (AvgIpc) is 2.84. The van der Waals surface area contributed by atoms with E-state index in [4.69, 9.17) is 9.47 Å². The summed E-state index contributed by atoms with van der Waals surface area (Å²) in [7, 11) is 0. The van der Waals surface area contributed by atoms with E-state index in [1.807, 2.05) is 35.2 Å². The normalized spacial score (nSPS) is 19.0. The fourth-order valence-corrected chi connectivity index (χ4v) is 4.21. The molecule has 2 unspecified atom stereocenters. The fraction of sp³-hybridized carbons (Fsp3) is 0.259. The van der Waals surface area contributed by atoms with Crippen molar-refractivity contribution in [2.75, 3.05) is 13.2 Å². The zero-order valence-electron chi connectivity index (χ0n) is 19.3. The summed E-state index contributed by atoms with van der Waals surface area (Å²) in [4.78, 5) is 1.95. The van der Waals surface area contributed by atoms with Gasteiger partial charge in [-0.1, -0.05) is 49.0 Å². The van der Waals surface area contributed by atoms with Crippen molar-refractivity contribution in [2.24, 2.45) is 0 Å². The zero-order valence-corrected chi connectivity index (χ0v) is 19.3. The summed E-state index contributed by atoms with van der Waals surface area (Å²) in [6, 6.07) is 15.2. The maximum Gasteiger partial charge on any atom is 0.417 e. The zero-order chi connectivity index (χ0) is 26.8. The second-order valence-corrected chi connectivity index (χ2v) is 8.49. The molecule has 1 aliphatic rings. The topological polar surface area (TPSA) is 21.7 Å². The molecule has 1 saturated heterocycles. The SMILES string of the molecule is C=C(OC1OCCN(Cc2ccccc2)C1c1ccc(F)cc1)c1cc(C(F)(F)F)ccc1C(F)(F)F. The first-order chi connectivity index (χ1) is 17.4. The first kappa shape index (κ1) is 26.7. The van der Waals surface area contributed by atoms with Gasteiger partial charge < -0.3 is 9.47 Å². The van der Waals surface area contributed by atoms with Gasteiger partial charge in [-0.3, -0.25) is 4.90 Å². The highest BCUT2D eigenvalue weighted by atomic mass is 19.4. The van der Waals surface area contributed by atoms with Gasteiger partial charge in [0, 0.05) is 18.7 Å². The average molecular weight is 525 g/mol. The summed E-state index contributed by atoms with van der Waals surface area (Å²) in [6.45, 7) is 4.49. The third kappa shape index (κ3) is 6.31. The molecule has 196 valence electrons. The lowest BCUT2D eigenvalue weighted by atomic mass is 10.0. The van der Waals surface area contributed by atoms with Crippen LogP contribution in [-0.2, 0) is 28.4 Å². The molecule has 2 atom stereocenters. The number of hydrogen-bond donors (Lipinski definition) is 0. The Labute approximate surface area is 208 Å². The fourth-order valence-electron chi connectivity index (χ4n) is 4.21. The highest BCUT2D eigenvalue weighted by Crippen LogP contribution is 2.41. The highest BCUT2D eigenvalue weighted by molar-refractivity contribution is 5.63. The van der Waals surface area contributed by atoms with Crippen molar-refractivity contribution in [1.29, 1.82) is 0 Å². The molecule has 10 heteroatoms. The summed E-state index contributed by atoms with van der Waals surface area (Å²) in [5, 5.41) is 0. The van der Waals surface area contributed by atoms with Gasteiger partial charge in [-0.05, 0) is 41.5 Å². The molecule has 0 spiro atoms. The van der Waals surface area contributed by atoms with E-state index in [0.717, 1.165) is 5.56 Å². The lowest BCUT2D eigenvalue weighted by Crippen LogP contribution is -2.45. The van der Waals surface area contributed by atoms with Crippen LogP contribution < -0.4 is 0 Å². The predicted molar refractivity (Wildman–Crippen MR) is 122 cm³/mol. The number of nitrogens with zero attached hydrogens (tertiary/aromatic N) is 1. The molecule has 3 aromatic rings. The Morgan fingerprint density at radius 2 is 1.59 bits per heavy atom. The van der Waals surface area contributed by atoms with Crippen LogP contribution in [-0.4, -0.2) is 24.3 Å². The van der Waals surface area contributed by atoms with Gasteiger partial charge >= 0.3 is 12.4 Å². The quantitative estimate of drug-likeness (QED) is 0.247. The number of rotatable bonds is 6. The maximum absolute atomic E-state index is 13.6. The minimum absolute atomic E-state index is 0.136. The molecule has 3 aromatic carbocycles. The van der Waals surface area contributed by atoms with Gasteiger partial charge in [0.15, 0.2) is 0 Å². The van der Waals surface area contributed by atoms with E-state index in [1.54, 1.807) is 0 Å². The second-order valence-electron chi connectivity index (χ2n) is 8.49. The third-order valence-corrected chi connectivity index (χ3v) is 5.96. The Balaban J connectivity index is 1.69. The van der Waals surface area contributed by atoms with Crippen molar-refractivity contribution < 1.29 is 40.2 Å². The van der Waals surface area contributed by atoms with E-state index in [0.29, 0.717) is 36.9 Å². The number of morpholine rings is 1. The smallest absolute Gasteiger partial charge is 0.417 e. The molecule has 0 radical (unpaired) electrons. The van der Waals surface area contributed by atoms with Crippen LogP contribution in [0, 0.1) is 5.82 Å². The molecular formula is C27H22F7NO2. The number of halogens is 7. The van der Waals surface area contributed by atoms with Crippen LogP contribution in [0.2, 0.25) is 0 Å². The van der Waals surface area contributed by atoms with E-state index in [-0.39, 0.29) is 6.61 Å². The van der Waals surface area contributed by atoms with Crippen molar-refractivity contribution >= 4 is 5.76 Å². The Morgan fingerprint density at radius 3 is 2.22 bits per heavy atom. The van der Waals surface area contributed by atoms with Crippen LogP contribution in [0.3, 0.4) is 0 Å². The van der Waals surface area contributed by atoms with Crippen molar-refractivity contribution in [2.45, 2.75) is 31.2 Å². The molecule has 0 bridgehead atoms. The third-order valence-electron chi connectivity index (χ3n) is 5.96. The van der Waals surface area contributed by atoms with Crippen LogP contribution in [0.5, 0.6) is 0 Å². The molecular weight excluding hydrogens is 503 g/mol. The van der Waals surface area contributed by atoms with Gasteiger partial charge in [-0.15, -0.1) is 0 Å². The van der Waals surface area contributed by atoms with Gasteiger partial charge in [0.1, 0.15) is 11.6 Å². The Morgan fingerprint density at radius 1 is 0.919 bits per heavy atom. The second kappa shape index (κ2) is 10.5. The predicted octanol–water partition coefficient (Wildman–Crippen LogP) is 7.45. The van der Waals surface area contributed by atoms with Crippen LogP contribution in [0.15, 0.2) is 79.4 Å². The maximum atomic E-state index is 13.6. The van der Waals surface area contributed by atoms with E-state index >= 15 is 0 Å². The lowest BCUT2D eigenvalue weighted by Gasteiger charge is -2.41. The highest BCUT2D eigenvalue weighted by Gasteiger charge is 2.40. The summed E-state index contributed by atoms with van der Waals surface area (Å²) < 4.78 is 106. The van der Waals surface area contributed by atoms with Crippen LogP contribution in [0.4, 0.5) is 30.7 Å². The molecule has 0 aliphatic carbocycles. The molecule has 3 nitrogen and oxygen atoms in total. The molecule has 37 heavy (non-hydrogen) atoms. The minimum Gasteiger partial charge on any atom is -0.463 e. The Hall–Kier alpha value is -3.37. The van der Waals surface area contributed by atoms with Gasteiger partial charge in [0.25, 0.3) is 0 Å². The largest absolute Gasteiger partial charge is 0.463 e. The molecule has 0 N–H and O–H groups in total. The van der Waals surface area contributed by atoms with Crippen LogP contribution in [0.25, 0.3) is 5.76 Å². The van der Waals surface area contributed by atoms with E-state index in [1.165, 1.54) is 24.3 Å². The monoisotopic (exact) mass is 525 g/mol. The minimum atomic E-state index is -4.95. The number of ether oxygens (including phenoxy) is 2. The number of hydrogen-bond acceptors (Lipinski definition) is 3. The summed E-state index contributed by atoms with van der Waals surface area (Å²) in [5.41, 5.74) is -1.95. The van der Waals surface area contributed by atoms with E-state index in [2.05, 4.69) is 6.58 Å². The summed E-state index contributed by atoms with van der Waals surface area (Å²) in [5.74, 6) is -1.12. The standard InChI is InChI=1S/C27H22F7NO2/c1-17(22-15-20(26(29,30)31)9-12-23(22)27(32,33)34)37-25-24(19-7-10-21(28)11-8-19)35(13-14-36-25)16-18-5-3-2-4-6-18/h2-12,15,24-25H,1,13-14,16H2. The molecule has 4 rings (SSSR count). The van der Waals surface area contributed by atoms with E-state index in [9.17, 15) is 30.7 Å². The summed E-state index contributed by atoms with van der Waals surface area (Å²) in [6.07, 6.45) is -11.1. The van der Waals surface area contributed by atoms with Crippen molar-refractivity contribution in [1.82, 2.24) is 4.90 Å². The molecule has 0 saturated carbocycles. The van der Waals surface area contributed by atoms with Crippen molar-refractivity contribution in [3.8, 4) is 0 Å². The molecule has 1 aliphatic heterocycles. The van der Waals surface area contributed by atoms with E-state index < -0.39 is 53.0 Å². The van der Waals surface area contributed by atoms with Crippen LogP contribution in [0.1, 0.15) is 33.9 Å². The number of benzene rings is 3. The number of alkyl halides is 6. The first-order valence-electron chi connectivity index (χ1n) is 11.2. The lowest BCUT2D eigenvalue weighted by molar-refractivity contribution is -0.181. The molecule has 1 heterocycles. The van der Waals surface area contributed by atoms with Crippen LogP contribution >= 0.6 is 0 Å². The van der Waals surface area contributed by atoms with Crippen molar-refractivity contribution in [3.05, 3.63) is 113 Å². The Bertz CT molecular complexity index is 1220. The molecule has 0 amide bonds. The first-order valence-corrected chi connectivity index (χ1v) is 11.2. The van der Waals surface area contributed by atoms with Gasteiger partial charge in [-0.25, -0.2) is 4.39 Å². The van der Waals surface area contributed by atoms with Gasteiger partial charge in [0.05, 0.1) is 23.8 Å². The van der Waals surface area contributed by atoms with Gasteiger partial charge in [-0.2, -0.15) is 26.3 Å². The molecule has 0 aromatic heterocycles. The Kier molecular flexibility index (Phi) is 7.61. The summed E-state index contributed by atoms with van der Waals surface area (Å²) >= 11 is 0.